The Labute approximate surface area is 103 Å². The third-order valence-electron chi connectivity index (χ3n) is 3.84. The molecular formula is C15H22FN. The predicted octanol–water partition coefficient (Wildman–Crippen LogP) is 3.71. The second kappa shape index (κ2) is 6.15. The highest BCUT2D eigenvalue weighted by Crippen LogP contribution is 2.37. The third kappa shape index (κ3) is 3.29. The molecule has 0 aromatic heterocycles. The van der Waals surface area contributed by atoms with Gasteiger partial charge in [0, 0.05) is 0 Å². The second-order valence-electron chi connectivity index (χ2n) is 5.01. The molecule has 0 amide bonds. The van der Waals surface area contributed by atoms with Crippen LogP contribution in [0.1, 0.15) is 44.1 Å². The summed E-state index contributed by atoms with van der Waals surface area (Å²) in [6.45, 7) is 4.23. The Balaban J connectivity index is 2.10. The quantitative estimate of drug-likeness (QED) is 0.839. The van der Waals surface area contributed by atoms with E-state index in [0.29, 0.717) is 11.8 Å². The highest BCUT2D eigenvalue weighted by atomic mass is 19.1. The van der Waals surface area contributed by atoms with E-state index in [2.05, 4.69) is 18.3 Å². The van der Waals surface area contributed by atoms with Crippen molar-refractivity contribution in [2.24, 2.45) is 5.92 Å². The van der Waals surface area contributed by atoms with Crippen molar-refractivity contribution in [3.05, 3.63) is 35.6 Å². The van der Waals surface area contributed by atoms with Crippen molar-refractivity contribution in [3.8, 4) is 0 Å². The minimum Gasteiger partial charge on any atom is -0.317 e. The fourth-order valence-corrected chi connectivity index (χ4v) is 2.96. The van der Waals surface area contributed by atoms with Gasteiger partial charge in [-0.3, -0.25) is 0 Å². The molecule has 1 aliphatic carbocycles. The van der Waals surface area contributed by atoms with Gasteiger partial charge in [0.1, 0.15) is 5.82 Å². The normalized spacial score (nSPS) is 24.8. The van der Waals surface area contributed by atoms with Crippen LogP contribution in [0.5, 0.6) is 0 Å². The molecule has 0 spiro atoms. The van der Waals surface area contributed by atoms with Crippen molar-refractivity contribution in [2.45, 2.75) is 38.5 Å². The lowest BCUT2D eigenvalue weighted by molar-refractivity contribution is 0.297. The average Bonchev–Trinajstić information content (AvgIpc) is 2.37. The Hall–Kier alpha value is -0.890. The molecule has 1 aromatic carbocycles. The van der Waals surface area contributed by atoms with Crippen LogP contribution in [0.4, 0.5) is 4.39 Å². The second-order valence-corrected chi connectivity index (χ2v) is 5.01. The number of rotatable bonds is 4. The van der Waals surface area contributed by atoms with Crippen LogP contribution in [0, 0.1) is 11.7 Å². The summed E-state index contributed by atoms with van der Waals surface area (Å²) < 4.78 is 13.3. The number of benzene rings is 1. The van der Waals surface area contributed by atoms with Gasteiger partial charge in [-0.15, -0.1) is 0 Å². The van der Waals surface area contributed by atoms with Crippen molar-refractivity contribution >= 4 is 0 Å². The highest BCUT2D eigenvalue weighted by Gasteiger charge is 2.26. The average molecular weight is 235 g/mol. The van der Waals surface area contributed by atoms with Gasteiger partial charge in [-0.25, -0.2) is 4.39 Å². The molecule has 1 fully saturated rings. The van der Waals surface area contributed by atoms with E-state index in [9.17, 15) is 4.39 Å². The minimum atomic E-state index is -0.102. The largest absolute Gasteiger partial charge is 0.317 e. The van der Waals surface area contributed by atoms with Crippen LogP contribution in [0.2, 0.25) is 0 Å². The van der Waals surface area contributed by atoms with Crippen LogP contribution in [0.15, 0.2) is 24.3 Å². The van der Waals surface area contributed by atoms with E-state index >= 15 is 0 Å². The number of hydrogen-bond donors (Lipinski definition) is 1. The van der Waals surface area contributed by atoms with Gasteiger partial charge in [-0.2, -0.15) is 0 Å². The lowest BCUT2D eigenvalue weighted by Gasteiger charge is -2.32. The van der Waals surface area contributed by atoms with Crippen LogP contribution in [-0.2, 0) is 0 Å². The molecule has 1 saturated carbocycles. The zero-order chi connectivity index (χ0) is 12.1. The summed E-state index contributed by atoms with van der Waals surface area (Å²) in [6, 6.07) is 7.17. The van der Waals surface area contributed by atoms with Gasteiger partial charge in [0.05, 0.1) is 0 Å². The molecule has 1 nitrogen and oxygen atoms in total. The molecule has 2 heteroatoms. The standard InChI is InChI=1S/C15H22FN/c1-2-17-11-13-6-3-4-9-15(13)12-7-5-8-14(16)10-12/h5,7-8,10,13,15,17H,2-4,6,9,11H2,1H3. The Morgan fingerprint density at radius 1 is 1.29 bits per heavy atom. The summed E-state index contributed by atoms with van der Waals surface area (Å²) in [5, 5.41) is 3.44. The first-order valence-electron chi connectivity index (χ1n) is 6.77. The van der Waals surface area contributed by atoms with Crippen molar-refractivity contribution in [2.75, 3.05) is 13.1 Å². The monoisotopic (exact) mass is 235 g/mol. The van der Waals surface area contributed by atoms with E-state index in [1.165, 1.54) is 37.3 Å². The van der Waals surface area contributed by atoms with Crippen molar-refractivity contribution < 1.29 is 4.39 Å². The Kier molecular flexibility index (Phi) is 4.55. The maximum atomic E-state index is 13.3. The first kappa shape index (κ1) is 12.6. The van der Waals surface area contributed by atoms with Gasteiger partial charge in [-0.05, 0) is 55.5 Å². The molecule has 1 aliphatic rings. The van der Waals surface area contributed by atoms with Crippen LogP contribution in [0.3, 0.4) is 0 Å². The van der Waals surface area contributed by atoms with Gasteiger partial charge in [0.15, 0.2) is 0 Å². The van der Waals surface area contributed by atoms with Gasteiger partial charge in [0.25, 0.3) is 0 Å². The lowest BCUT2D eigenvalue weighted by Crippen LogP contribution is -2.29. The maximum Gasteiger partial charge on any atom is 0.123 e. The molecule has 94 valence electrons. The van der Waals surface area contributed by atoms with E-state index in [0.717, 1.165) is 13.1 Å². The van der Waals surface area contributed by atoms with Crippen LogP contribution in [-0.4, -0.2) is 13.1 Å². The third-order valence-corrected chi connectivity index (χ3v) is 3.84. The molecule has 2 unspecified atom stereocenters. The number of hydrogen-bond acceptors (Lipinski definition) is 1. The molecule has 2 rings (SSSR count). The van der Waals surface area contributed by atoms with E-state index in [4.69, 9.17) is 0 Å². The summed E-state index contributed by atoms with van der Waals surface area (Å²) in [6.07, 6.45) is 5.08. The fourth-order valence-electron chi connectivity index (χ4n) is 2.96. The molecule has 1 N–H and O–H groups in total. The summed E-state index contributed by atoms with van der Waals surface area (Å²) in [4.78, 5) is 0. The zero-order valence-corrected chi connectivity index (χ0v) is 10.6. The topological polar surface area (TPSA) is 12.0 Å². The smallest absolute Gasteiger partial charge is 0.123 e. The van der Waals surface area contributed by atoms with Crippen LogP contribution < -0.4 is 5.32 Å². The van der Waals surface area contributed by atoms with E-state index in [-0.39, 0.29) is 5.82 Å². The zero-order valence-electron chi connectivity index (χ0n) is 10.6. The first-order chi connectivity index (χ1) is 8.31. The lowest BCUT2D eigenvalue weighted by atomic mass is 9.75. The molecule has 0 bridgehead atoms. The molecule has 0 aliphatic heterocycles. The predicted molar refractivity (Wildman–Crippen MR) is 69.6 cm³/mol. The van der Waals surface area contributed by atoms with E-state index < -0.39 is 0 Å². The Bertz CT molecular complexity index is 351. The highest BCUT2D eigenvalue weighted by molar-refractivity contribution is 5.22. The van der Waals surface area contributed by atoms with Crippen LogP contribution >= 0.6 is 0 Å². The SMILES string of the molecule is CCNCC1CCCCC1c1cccc(F)c1. The van der Waals surface area contributed by atoms with Gasteiger partial charge in [-0.1, -0.05) is 31.9 Å². The Morgan fingerprint density at radius 3 is 2.88 bits per heavy atom. The summed E-state index contributed by atoms with van der Waals surface area (Å²) in [5.41, 5.74) is 1.19. The first-order valence-corrected chi connectivity index (χ1v) is 6.77. The minimum absolute atomic E-state index is 0.102. The van der Waals surface area contributed by atoms with Gasteiger partial charge in [0.2, 0.25) is 0 Å². The molecule has 17 heavy (non-hydrogen) atoms. The van der Waals surface area contributed by atoms with Crippen molar-refractivity contribution in [1.82, 2.24) is 5.32 Å². The van der Waals surface area contributed by atoms with Gasteiger partial charge >= 0.3 is 0 Å². The summed E-state index contributed by atoms with van der Waals surface area (Å²) >= 11 is 0. The molecule has 2 atom stereocenters. The van der Waals surface area contributed by atoms with Crippen molar-refractivity contribution in [1.29, 1.82) is 0 Å². The molecular weight excluding hydrogens is 213 g/mol. The summed E-state index contributed by atoms with van der Waals surface area (Å²) in [5.74, 6) is 1.11. The molecule has 1 aromatic rings. The van der Waals surface area contributed by atoms with E-state index in [1.807, 2.05) is 6.07 Å². The maximum absolute atomic E-state index is 13.3. The number of nitrogens with one attached hydrogen (secondary N) is 1. The molecule has 0 heterocycles. The van der Waals surface area contributed by atoms with E-state index in [1.54, 1.807) is 6.07 Å². The fraction of sp³-hybridized carbons (Fsp3) is 0.600. The van der Waals surface area contributed by atoms with Gasteiger partial charge < -0.3 is 5.32 Å². The summed E-state index contributed by atoms with van der Waals surface area (Å²) in [7, 11) is 0. The molecule has 0 saturated heterocycles. The van der Waals surface area contributed by atoms with Crippen LogP contribution in [0.25, 0.3) is 0 Å². The number of halogens is 1. The Morgan fingerprint density at radius 2 is 2.12 bits per heavy atom. The van der Waals surface area contributed by atoms with Crippen molar-refractivity contribution in [3.63, 3.8) is 0 Å². The molecule has 0 radical (unpaired) electrons.